The van der Waals surface area contributed by atoms with Gasteiger partial charge in [0.05, 0.1) is 5.41 Å². The van der Waals surface area contributed by atoms with Gasteiger partial charge >= 0.3 is 5.97 Å². The fourth-order valence-electron chi connectivity index (χ4n) is 3.91. The average Bonchev–Trinajstić information content (AvgIpc) is 2.66. The summed E-state index contributed by atoms with van der Waals surface area (Å²) in [5.41, 5.74) is -0.0150. The summed E-state index contributed by atoms with van der Waals surface area (Å²) in [6.45, 7) is 8.38. The van der Waals surface area contributed by atoms with E-state index in [0.29, 0.717) is 11.3 Å². The molecule has 0 N–H and O–H groups in total. The van der Waals surface area contributed by atoms with Gasteiger partial charge in [0.25, 0.3) is 0 Å². The molecule has 19 heavy (non-hydrogen) atoms. The molecule has 2 heteroatoms. The van der Waals surface area contributed by atoms with Crippen molar-refractivity contribution in [3.63, 3.8) is 0 Å². The van der Waals surface area contributed by atoms with Crippen LogP contribution in [0.2, 0.25) is 0 Å². The molecule has 2 aliphatic carbocycles. The Morgan fingerprint density at radius 3 is 2.47 bits per heavy atom. The molecule has 2 aliphatic rings. The zero-order valence-corrected chi connectivity index (χ0v) is 13.1. The van der Waals surface area contributed by atoms with Gasteiger partial charge in [0.1, 0.15) is 6.10 Å². The van der Waals surface area contributed by atoms with E-state index in [2.05, 4.69) is 13.8 Å². The molecule has 0 heterocycles. The Morgan fingerprint density at radius 2 is 1.89 bits per heavy atom. The van der Waals surface area contributed by atoms with E-state index in [4.69, 9.17) is 4.74 Å². The summed E-state index contributed by atoms with van der Waals surface area (Å²) in [6, 6.07) is 0. The SMILES string of the molecule is CCC(C)(C)C(=O)OC1CC(C)CC12CCCCC2. The van der Waals surface area contributed by atoms with Crippen LogP contribution in [0.15, 0.2) is 0 Å². The molecule has 2 rings (SSSR count). The molecule has 2 atom stereocenters. The molecule has 110 valence electrons. The summed E-state index contributed by atoms with van der Waals surface area (Å²) >= 11 is 0. The van der Waals surface area contributed by atoms with Gasteiger partial charge in [0, 0.05) is 5.41 Å². The van der Waals surface area contributed by atoms with Gasteiger partial charge in [0.15, 0.2) is 0 Å². The first-order valence-corrected chi connectivity index (χ1v) is 8.11. The maximum Gasteiger partial charge on any atom is 0.311 e. The molecular weight excluding hydrogens is 236 g/mol. The second-order valence-electron chi connectivity index (χ2n) is 7.60. The van der Waals surface area contributed by atoms with Crippen molar-refractivity contribution in [2.24, 2.45) is 16.7 Å². The van der Waals surface area contributed by atoms with Gasteiger partial charge in [0.2, 0.25) is 0 Å². The molecule has 2 nitrogen and oxygen atoms in total. The zero-order valence-electron chi connectivity index (χ0n) is 13.1. The molecule has 0 aromatic rings. The van der Waals surface area contributed by atoms with E-state index in [0.717, 1.165) is 12.8 Å². The molecular formula is C17H30O2. The van der Waals surface area contributed by atoms with Crippen molar-refractivity contribution in [1.82, 2.24) is 0 Å². The van der Waals surface area contributed by atoms with Crippen LogP contribution in [0.4, 0.5) is 0 Å². The third-order valence-corrected chi connectivity index (χ3v) is 5.59. The smallest absolute Gasteiger partial charge is 0.311 e. The molecule has 0 saturated heterocycles. The number of carbonyl (C=O) groups excluding carboxylic acids is 1. The number of ether oxygens (including phenoxy) is 1. The van der Waals surface area contributed by atoms with E-state index >= 15 is 0 Å². The highest BCUT2D eigenvalue weighted by molar-refractivity contribution is 5.76. The normalized spacial score (nSPS) is 30.5. The molecule has 0 aromatic heterocycles. The quantitative estimate of drug-likeness (QED) is 0.691. The Morgan fingerprint density at radius 1 is 1.26 bits per heavy atom. The number of rotatable bonds is 3. The van der Waals surface area contributed by atoms with Crippen molar-refractivity contribution in [2.45, 2.75) is 85.2 Å². The minimum Gasteiger partial charge on any atom is -0.461 e. The number of carbonyl (C=O) groups is 1. The molecule has 2 unspecified atom stereocenters. The van der Waals surface area contributed by atoms with Gasteiger partial charge in [-0.25, -0.2) is 0 Å². The number of hydrogen-bond donors (Lipinski definition) is 0. The standard InChI is InChI=1S/C17H30O2/c1-5-16(3,4)15(18)19-14-11-13(2)12-17(14)9-7-6-8-10-17/h13-14H,5-12H2,1-4H3. The Balaban J connectivity index is 2.07. The van der Waals surface area contributed by atoms with E-state index in [1.165, 1.54) is 38.5 Å². The molecule has 0 amide bonds. The van der Waals surface area contributed by atoms with Crippen molar-refractivity contribution in [2.75, 3.05) is 0 Å². The largest absolute Gasteiger partial charge is 0.461 e. The van der Waals surface area contributed by atoms with Crippen LogP contribution in [0.5, 0.6) is 0 Å². The highest BCUT2D eigenvalue weighted by Gasteiger charge is 2.49. The minimum absolute atomic E-state index is 0.0130. The maximum absolute atomic E-state index is 12.4. The lowest BCUT2D eigenvalue weighted by atomic mass is 9.71. The second kappa shape index (κ2) is 5.46. The number of esters is 1. The van der Waals surface area contributed by atoms with E-state index in [9.17, 15) is 4.79 Å². The Bertz CT molecular complexity index is 326. The Kier molecular flexibility index (Phi) is 4.27. The second-order valence-corrected chi connectivity index (χ2v) is 7.60. The van der Waals surface area contributed by atoms with E-state index < -0.39 is 0 Å². The fraction of sp³-hybridized carbons (Fsp3) is 0.941. The molecule has 0 radical (unpaired) electrons. The number of hydrogen-bond acceptors (Lipinski definition) is 2. The fourth-order valence-corrected chi connectivity index (χ4v) is 3.91. The molecule has 2 fully saturated rings. The monoisotopic (exact) mass is 266 g/mol. The summed E-state index contributed by atoms with van der Waals surface area (Å²) < 4.78 is 5.99. The zero-order chi connectivity index (χ0) is 14.1. The van der Waals surface area contributed by atoms with Crippen LogP contribution in [0, 0.1) is 16.7 Å². The predicted octanol–water partition coefficient (Wildman–Crippen LogP) is 4.71. The minimum atomic E-state index is -0.332. The van der Waals surface area contributed by atoms with Crippen LogP contribution in [0.1, 0.15) is 79.1 Å². The lowest BCUT2D eigenvalue weighted by Gasteiger charge is -2.39. The average molecular weight is 266 g/mol. The van der Waals surface area contributed by atoms with Gasteiger partial charge in [-0.3, -0.25) is 4.79 Å². The van der Waals surface area contributed by atoms with Crippen LogP contribution in [-0.4, -0.2) is 12.1 Å². The molecule has 0 bridgehead atoms. The Hall–Kier alpha value is -0.530. The van der Waals surface area contributed by atoms with Crippen molar-refractivity contribution >= 4 is 5.97 Å². The summed E-state index contributed by atoms with van der Waals surface area (Å²) in [6.07, 6.45) is 9.89. The third-order valence-electron chi connectivity index (χ3n) is 5.59. The van der Waals surface area contributed by atoms with Crippen LogP contribution in [-0.2, 0) is 9.53 Å². The van der Waals surface area contributed by atoms with Gasteiger partial charge < -0.3 is 4.74 Å². The summed E-state index contributed by atoms with van der Waals surface area (Å²) in [7, 11) is 0. The maximum atomic E-state index is 12.4. The van der Waals surface area contributed by atoms with Crippen LogP contribution >= 0.6 is 0 Å². The summed E-state index contributed by atoms with van der Waals surface area (Å²) in [5.74, 6) is 0.722. The highest BCUT2D eigenvalue weighted by Crippen LogP contribution is 2.52. The van der Waals surface area contributed by atoms with Crippen LogP contribution in [0.25, 0.3) is 0 Å². The van der Waals surface area contributed by atoms with Gasteiger partial charge in [-0.1, -0.05) is 33.1 Å². The summed E-state index contributed by atoms with van der Waals surface area (Å²) in [4.78, 5) is 12.4. The highest BCUT2D eigenvalue weighted by atomic mass is 16.5. The lowest BCUT2D eigenvalue weighted by Crippen LogP contribution is -2.39. The van der Waals surface area contributed by atoms with Crippen molar-refractivity contribution in [3.05, 3.63) is 0 Å². The van der Waals surface area contributed by atoms with Crippen LogP contribution < -0.4 is 0 Å². The van der Waals surface area contributed by atoms with Crippen LogP contribution in [0.3, 0.4) is 0 Å². The predicted molar refractivity (Wildman–Crippen MR) is 77.9 cm³/mol. The molecule has 1 spiro atoms. The van der Waals surface area contributed by atoms with E-state index in [1.54, 1.807) is 0 Å². The van der Waals surface area contributed by atoms with E-state index in [1.807, 2.05) is 13.8 Å². The first-order valence-electron chi connectivity index (χ1n) is 8.11. The van der Waals surface area contributed by atoms with E-state index in [-0.39, 0.29) is 17.5 Å². The summed E-state index contributed by atoms with van der Waals surface area (Å²) in [5, 5.41) is 0. The topological polar surface area (TPSA) is 26.3 Å². The first kappa shape index (κ1) is 14.9. The van der Waals surface area contributed by atoms with Crippen molar-refractivity contribution < 1.29 is 9.53 Å². The van der Waals surface area contributed by atoms with Gasteiger partial charge in [-0.05, 0) is 51.9 Å². The van der Waals surface area contributed by atoms with Gasteiger partial charge in [-0.2, -0.15) is 0 Å². The molecule has 0 aliphatic heterocycles. The van der Waals surface area contributed by atoms with Crippen molar-refractivity contribution in [3.8, 4) is 0 Å². The Labute approximate surface area is 118 Å². The molecule has 2 saturated carbocycles. The third kappa shape index (κ3) is 2.98. The molecule has 0 aromatic carbocycles. The lowest BCUT2D eigenvalue weighted by molar-refractivity contribution is -0.166. The van der Waals surface area contributed by atoms with Gasteiger partial charge in [-0.15, -0.1) is 0 Å². The van der Waals surface area contributed by atoms with Crippen molar-refractivity contribution in [1.29, 1.82) is 0 Å². The first-order chi connectivity index (χ1) is 8.89.